The second kappa shape index (κ2) is 7.83. The molecule has 5 rings (SSSR count). The zero-order valence-electron chi connectivity index (χ0n) is 17.1. The van der Waals surface area contributed by atoms with Crippen LogP contribution in [0.4, 0.5) is 10.2 Å². The first-order chi connectivity index (χ1) is 15.1. The van der Waals surface area contributed by atoms with E-state index in [1.165, 1.54) is 6.07 Å². The van der Waals surface area contributed by atoms with E-state index in [9.17, 15) is 9.18 Å². The number of imidazole rings is 1. The summed E-state index contributed by atoms with van der Waals surface area (Å²) in [6, 6.07) is 14.4. The third-order valence-electron chi connectivity index (χ3n) is 5.77. The van der Waals surface area contributed by atoms with E-state index in [1.54, 1.807) is 35.0 Å². The van der Waals surface area contributed by atoms with Gasteiger partial charge in [-0.3, -0.25) is 4.79 Å². The zero-order chi connectivity index (χ0) is 21.4. The first kappa shape index (κ1) is 19.2. The molecule has 1 saturated heterocycles. The Morgan fingerprint density at radius 2 is 2.10 bits per heavy atom. The van der Waals surface area contributed by atoms with Crippen molar-refractivity contribution in [1.82, 2.24) is 19.2 Å². The van der Waals surface area contributed by atoms with Crippen LogP contribution < -0.4 is 4.90 Å². The van der Waals surface area contributed by atoms with Crippen molar-refractivity contribution >= 4 is 23.3 Å². The van der Waals surface area contributed by atoms with Gasteiger partial charge in [0.05, 0.1) is 12.2 Å². The molecule has 0 N–H and O–H groups in total. The van der Waals surface area contributed by atoms with Crippen LogP contribution in [0.1, 0.15) is 40.6 Å². The van der Waals surface area contributed by atoms with Gasteiger partial charge in [-0.1, -0.05) is 12.1 Å². The van der Waals surface area contributed by atoms with E-state index in [4.69, 9.17) is 5.10 Å². The van der Waals surface area contributed by atoms with Crippen LogP contribution in [0.5, 0.6) is 0 Å². The fourth-order valence-corrected chi connectivity index (χ4v) is 4.18. The number of hydrogen-bond donors (Lipinski definition) is 0. The maximum Gasteiger partial charge on any atom is 0.205 e. The second-order valence-corrected chi connectivity index (χ2v) is 7.75. The molecule has 156 valence electrons. The lowest BCUT2D eigenvalue weighted by molar-refractivity contribution is 0.104. The summed E-state index contributed by atoms with van der Waals surface area (Å²) >= 11 is 0. The van der Waals surface area contributed by atoms with Crippen LogP contribution in [0.3, 0.4) is 0 Å². The molecule has 1 aliphatic heterocycles. The Morgan fingerprint density at radius 1 is 1.19 bits per heavy atom. The van der Waals surface area contributed by atoms with Gasteiger partial charge in [0.25, 0.3) is 0 Å². The third-order valence-corrected chi connectivity index (χ3v) is 5.77. The van der Waals surface area contributed by atoms with Crippen molar-refractivity contribution in [3.8, 4) is 0 Å². The summed E-state index contributed by atoms with van der Waals surface area (Å²) in [5.74, 6) is 0.347. The van der Waals surface area contributed by atoms with Crippen molar-refractivity contribution in [2.24, 2.45) is 7.05 Å². The summed E-state index contributed by atoms with van der Waals surface area (Å²) in [5, 5.41) is 4.73. The molecular weight excluding hydrogens is 393 g/mol. The fourth-order valence-electron chi connectivity index (χ4n) is 4.18. The van der Waals surface area contributed by atoms with Crippen LogP contribution in [0.2, 0.25) is 0 Å². The highest BCUT2D eigenvalue weighted by molar-refractivity contribution is 6.05. The van der Waals surface area contributed by atoms with Gasteiger partial charge in [-0.2, -0.15) is 0 Å². The van der Waals surface area contributed by atoms with Crippen molar-refractivity contribution in [1.29, 1.82) is 0 Å². The van der Waals surface area contributed by atoms with Crippen molar-refractivity contribution < 1.29 is 9.18 Å². The molecule has 7 heteroatoms. The lowest BCUT2D eigenvalue weighted by Gasteiger charge is -2.26. The average Bonchev–Trinajstić information content (AvgIpc) is 3.51. The number of halogens is 1. The van der Waals surface area contributed by atoms with Gasteiger partial charge >= 0.3 is 0 Å². The van der Waals surface area contributed by atoms with Gasteiger partial charge in [-0.05, 0) is 67.0 Å². The van der Waals surface area contributed by atoms with E-state index in [2.05, 4.69) is 9.88 Å². The number of nitrogens with zero attached hydrogens (tertiary/aromatic N) is 5. The van der Waals surface area contributed by atoms with Gasteiger partial charge in [0.1, 0.15) is 17.3 Å². The molecule has 0 aliphatic carbocycles. The molecule has 0 spiro atoms. The summed E-state index contributed by atoms with van der Waals surface area (Å²) < 4.78 is 17.3. The summed E-state index contributed by atoms with van der Waals surface area (Å²) in [6.07, 6.45) is 8.73. The van der Waals surface area contributed by atoms with Crippen LogP contribution in [0, 0.1) is 5.82 Å². The van der Waals surface area contributed by atoms with Crippen LogP contribution in [-0.2, 0) is 7.05 Å². The van der Waals surface area contributed by atoms with E-state index in [-0.39, 0.29) is 17.6 Å². The maximum absolute atomic E-state index is 13.8. The Hall–Kier alpha value is -3.74. The summed E-state index contributed by atoms with van der Waals surface area (Å²) in [4.78, 5) is 19.3. The average molecular weight is 415 g/mol. The van der Waals surface area contributed by atoms with Gasteiger partial charge in [0.2, 0.25) is 5.78 Å². The molecule has 3 aromatic heterocycles. The number of aromatic nitrogens is 4. The summed E-state index contributed by atoms with van der Waals surface area (Å²) in [5.41, 5.74) is 2.89. The van der Waals surface area contributed by atoms with Crippen LogP contribution in [-0.4, -0.2) is 31.5 Å². The van der Waals surface area contributed by atoms with E-state index >= 15 is 0 Å². The number of anilines is 1. The number of aryl methyl sites for hydroxylation is 1. The number of benzene rings is 1. The Labute approximate surface area is 179 Å². The van der Waals surface area contributed by atoms with Crippen molar-refractivity contribution in [3.63, 3.8) is 0 Å². The molecule has 0 bridgehead atoms. The van der Waals surface area contributed by atoms with Crippen molar-refractivity contribution in [2.45, 2.75) is 18.9 Å². The van der Waals surface area contributed by atoms with Crippen LogP contribution in [0.25, 0.3) is 11.7 Å². The number of hydrogen-bond acceptors (Lipinski definition) is 4. The minimum atomic E-state index is -0.236. The van der Waals surface area contributed by atoms with Crippen LogP contribution >= 0.6 is 0 Å². The number of carbonyl (C=O) groups is 1. The molecule has 1 aliphatic rings. The highest BCUT2D eigenvalue weighted by Crippen LogP contribution is 2.35. The van der Waals surface area contributed by atoms with Crippen LogP contribution in [0.15, 0.2) is 67.0 Å². The Kier molecular flexibility index (Phi) is 4.86. The smallest absolute Gasteiger partial charge is 0.205 e. The molecule has 0 radical (unpaired) electrons. The molecule has 31 heavy (non-hydrogen) atoms. The number of carbonyl (C=O) groups excluding carboxylic acids is 1. The minimum absolute atomic E-state index is 0.0561. The number of allylic oxidation sites excluding steroid dienone is 1. The van der Waals surface area contributed by atoms with E-state index in [0.717, 1.165) is 36.5 Å². The molecular formula is C24H22FN5O. The molecule has 1 atom stereocenters. The Balaban J connectivity index is 1.47. The SMILES string of the molecule is Cn1cccc1/C=C/C(=O)c1cnc2ccc(N3CCC[C@@H]3c3cccc(F)c3)nn12. The normalized spacial score (nSPS) is 16.6. The Bertz CT molecular complexity index is 1290. The van der Waals surface area contributed by atoms with Gasteiger partial charge in [0.15, 0.2) is 5.65 Å². The standard InChI is InChI=1S/C24H22FN5O/c1-28-13-3-7-19(28)9-10-22(31)21-16-26-23-11-12-24(27-30(21)23)29-14-4-8-20(29)17-5-2-6-18(25)15-17/h2-3,5-7,9-13,15-16,20H,4,8,14H2,1H3/b10-9+/t20-/m1/s1. The highest BCUT2D eigenvalue weighted by atomic mass is 19.1. The van der Waals surface area contributed by atoms with Gasteiger partial charge < -0.3 is 9.47 Å². The predicted octanol–water partition coefficient (Wildman–Crippen LogP) is 4.44. The topological polar surface area (TPSA) is 55.4 Å². The quantitative estimate of drug-likeness (QED) is 0.357. The molecule has 1 aromatic carbocycles. The monoisotopic (exact) mass is 415 g/mol. The zero-order valence-corrected chi connectivity index (χ0v) is 17.1. The maximum atomic E-state index is 13.8. The molecule has 0 saturated carbocycles. The largest absolute Gasteiger partial charge is 0.351 e. The van der Waals surface area contributed by atoms with Gasteiger partial charge in [-0.15, -0.1) is 5.10 Å². The van der Waals surface area contributed by atoms with Crippen molar-refractivity contribution in [2.75, 3.05) is 11.4 Å². The molecule has 4 aromatic rings. The third kappa shape index (κ3) is 3.63. The van der Waals surface area contributed by atoms with E-state index < -0.39 is 0 Å². The number of ketones is 1. The predicted molar refractivity (Wildman–Crippen MR) is 117 cm³/mol. The molecule has 1 fully saturated rings. The van der Waals surface area contributed by atoms with E-state index in [0.29, 0.717) is 11.3 Å². The molecule has 4 heterocycles. The van der Waals surface area contributed by atoms with Gasteiger partial charge in [0, 0.05) is 25.5 Å². The minimum Gasteiger partial charge on any atom is -0.351 e. The lowest BCUT2D eigenvalue weighted by atomic mass is 10.0. The Morgan fingerprint density at radius 3 is 2.90 bits per heavy atom. The fraction of sp³-hybridized carbons (Fsp3) is 0.208. The molecule has 0 amide bonds. The first-order valence-corrected chi connectivity index (χ1v) is 10.3. The number of rotatable bonds is 5. The number of fused-ring (bicyclic) bond motifs is 1. The second-order valence-electron chi connectivity index (χ2n) is 7.75. The summed E-state index contributed by atoms with van der Waals surface area (Å²) in [7, 11) is 1.93. The van der Waals surface area contributed by atoms with E-state index in [1.807, 2.05) is 48.1 Å². The molecule has 6 nitrogen and oxygen atoms in total. The summed E-state index contributed by atoms with van der Waals surface area (Å²) in [6.45, 7) is 0.824. The van der Waals surface area contributed by atoms with Crippen molar-refractivity contribution in [3.05, 3.63) is 89.8 Å². The highest BCUT2D eigenvalue weighted by Gasteiger charge is 2.28. The molecule has 0 unspecified atom stereocenters. The van der Waals surface area contributed by atoms with Gasteiger partial charge in [-0.25, -0.2) is 13.9 Å². The first-order valence-electron chi connectivity index (χ1n) is 10.3. The lowest BCUT2D eigenvalue weighted by Crippen LogP contribution is -2.24.